The van der Waals surface area contributed by atoms with Crippen LogP contribution in [-0.2, 0) is 12.8 Å². The molecule has 0 radical (unpaired) electrons. The Hall–Kier alpha value is -1.84. The topological polar surface area (TPSA) is 0 Å². The standard InChI is InChI=1S/C17H16F4/c1-9-6-15(19)13(16(20)7-9)5-4-12-8-14(18)11(3)17(21)10(12)2/h6-8H,4-5H2,1-3H3. The zero-order valence-corrected chi connectivity index (χ0v) is 12.2. The number of rotatable bonds is 3. The molecule has 0 spiro atoms. The lowest BCUT2D eigenvalue weighted by molar-refractivity contribution is 0.547. The molecule has 0 aliphatic heterocycles. The molecule has 0 amide bonds. The summed E-state index contributed by atoms with van der Waals surface area (Å²) in [4.78, 5) is 0. The predicted molar refractivity (Wildman–Crippen MR) is 74.3 cm³/mol. The van der Waals surface area contributed by atoms with Gasteiger partial charge in [-0.3, -0.25) is 0 Å². The van der Waals surface area contributed by atoms with Gasteiger partial charge in [0.1, 0.15) is 23.3 Å². The van der Waals surface area contributed by atoms with Crippen LogP contribution in [-0.4, -0.2) is 0 Å². The molecule has 0 aromatic heterocycles. The maximum Gasteiger partial charge on any atom is 0.132 e. The fourth-order valence-electron chi connectivity index (χ4n) is 2.38. The average molecular weight is 296 g/mol. The molecule has 0 aliphatic carbocycles. The second kappa shape index (κ2) is 5.88. The Balaban J connectivity index is 2.29. The molecule has 112 valence electrons. The molecule has 2 aromatic rings. The smallest absolute Gasteiger partial charge is 0.132 e. The minimum atomic E-state index is -0.641. The minimum Gasteiger partial charge on any atom is -0.207 e. The highest BCUT2D eigenvalue weighted by Gasteiger charge is 2.15. The first-order chi connectivity index (χ1) is 9.81. The molecule has 0 fully saturated rings. The van der Waals surface area contributed by atoms with E-state index in [9.17, 15) is 17.6 Å². The van der Waals surface area contributed by atoms with E-state index in [1.165, 1.54) is 25.1 Å². The van der Waals surface area contributed by atoms with Crippen molar-refractivity contribution in [3.8, 4) is 0 Å². The van der Waals surface area contributed by atoms with Gasteiger partial charge in [0.2, 0.25) is 0 Å². The molecule has 0 bridgehead atoms. The predicted octanol–water partition coefficient (Wildman–Crippen LogP) is 4.95. The Morgan fingerprint density at radius 2 is 1.29 bits per heavy atom. The summed E-state index contributed by atoms with van der Waals surface area (Å²) in [5, 5.41) is 0. The molecule has 0 saturated heterocycles. The van der Waals surface area contributed by atoms with Crippen molar-refractivity contribution in [2.24, 2.45) is 0 Å². The number of hydrogen-bond acceptors (Lipinski definition) is 0. The van der Waals surface area contributed by atoms with Gasteiger partial charge in [-0.15, -0.1) is 0 Å². The highest BCUT2D eigenvalue weighted by molar-refractivity contribution is 5.35. The summed E-state index contributed by atoms with van der Waals surface area (Å²) >= 11 is 0. The lowest BCUT2D eigenvalue weighted by atomic mass is 9.97. The second-order valence-corrected chi connectivity index (χ2v) is 5.29. The summed E-state index contributed by atoms with van der Waals surface area (Å²) in [5.41, 5.74) is 1.15. The summed E-state index contributed by atoms with van der Waals surface area (Å²) in [6.07, 6.45) is 0.234. The van der Waals surface area contributed by atoms with Crippen molar-refractivity contribution in [3.63, 3.8) is 0 Å². The molecule has 4 heteroatoms. The molecular weight excluding hydrogens is 280 g/mol. The quantitative estimate of drug-likeness (QED) is 0.703. The molecule has 2 rings (SSSR count). The molecule has 0 N–H and O–H groups in total. The van der Waals surface area contributed by atoms with Gasteiger partial charge in [0.05, 0.1) is 0 Å². The first kappa shape index (κ1) is 15.5. The monoisotopic (exact) mass is 296 g/mol. The van der Waals surface area contributed by atoms with Crippen molar-refractivity contribution >= 4 is 0 Å². The Morgan fingerprint density at radius 3 is 1.86 bits per heavy atom. The summed E-state index contributed by atoms with van der Waals surface area (Å²) in [6, 6.07) is 3.74. The van der Waals surface area contributed by atoms with E-state index in [2.05, 4.69) is 0 Å². The van der Waals surface area contributed by atoms with Crippen LogP contribution in [0.4, 0.5) is 17.6 Å². The Labute approximate surface area is 121 Å². The molecule has 0 aliphatic rings. The van der Waals surface area contributed by atoms with Gasteiger partial charge < -0.3 is 0 Å². The fourth-order valence-corrected chi connectivity index (χ4v) is 2.38. The third-order valence-corrected chi connectivity index (χ3v) is 3.73. The zero-order chi connectivity index (χ0) is 15.7. The van der Waals surface area contributed by atoms with Gasteiger partial charge in [0.15, 0.2) is 0 Å². The van der Waals surface area contributed by atoms with Crippen LogP contribution in [0.25, 0.3) is 0 Å². The van der Waals surface area contributed by atoms with E-state index in [-0.39, 0.29) is 24.0 Å². The van der Waals surface area contributed by atoms with E-state index in [4.69, 9.17) is 0 Å². The molecular formula is C17H16F4. The summed E-state index contributed by atoms with van der Waals surface area (Å²) < 4.78 is 54.9. The van der Waals surface area contributed by atoms with Crippen LogP contribution in [0, 0.1) is 44.0 Å². The largest absolute Gasteiger partial charge is 0.207 e. The third-order valence-electron chi connectivity index (χ3n) is 3.73. The Bertz CT molecular complexity index is 667. The van der Waals surface area contributed by atoms with Gasteiger partial charge in [0.25, 0.3) is 0 Å². The van der Waals surface area contributed by atoms with Crippen molar-refractivity contribution in [2.45, 2.75) is 33.6 Å². The normalized spacial score (nSPS) is 11.0. The summed E-state index contributed by atoms with van der Waals surface area (Å²) in [7, 11) is 0. The van der Waals surface area contributed by atoms with E-state index < -0.39 is 23.3 Å². The van der Waals surface area contributed by atoms with Crippen LogP contribution in [0.15, 0.2) is 18.2 Å². The van der Waals surface area contributed by atoms with Crippen molar-refractivity contribution in [2.75, 3.05) is 0 Å². The fraction of sp³-hybridized carbons (Fsp3) is 0.294. The van der Waals surface area contributed by atoms with E-state index in [1.54, 1.807) is 13.8 Å². The lowest BCUT2D eigenvalue weighted by Gasteiger charge is -2.11. The van der Waals surface area contributed by atoms with Gasteiger partial charge in [0, 0.05) is 11.1 Å². The first-order valence-electron chi connectivity index (χ1n) is 6.70. The van der Waals surface area contributed by atoms with Gasteiger partial charge in [-0.05, 0) is 68.5 Å². The van der Waals surface area contributed by atoms with Gasteiger partial charge in [-0.1, -0.05) is 0 Å². The van der Waals surface area contributed by atoms with Crippen molar-refractivity contribution < 1.29 is 17.6 Å². The van der Waals surface area contributed by atoms with Crippen LogP contribution in [0.5, 0.6) is 0 Å². The van der Waals surface area contributed by atoms with Crippen molar-refractivity contribution in [3.05, 3.63) is 69.3 Å². The van der Waals surface area contributed by atoms with Crippen molar-refractivity contribution in [1.82, 2.24) is 0 Å². The number of aryl methyl sites for hydroxylation is 2. The van der Waals surface area contributed by atoms with Gasteiger partial charge in [-0.25, -0.2) is 17.6 Å². The Morgan fingerprint density at radius 1 is 0.714 bits per heavy atom. The highest BCUT2D eigenvalue weighted by Crippen LogP contribution is 2.23. The third kappa shape index (κ3) is 3.09. The van der Waals surface area contributed by atoms with Crippen LogP contribution in [0.1, 0.15) is 27.8 Å². The van der Waals surface area contributed by atoms with Gasteiger partial charge >= 0.3 is 0 Å². The maximum atomic E-state index is 13.8. The van der Waals surface area contributed by atoms with Crippen LogP contribution in [0.2, 0.25) is 0 Å². The molecule has 0 nitrogen and oxygen atoms in total. The number of benzene rings is 2. The number of hydrogen-bond donors (Lipinski definition) is 0. The van der Waals surface area contributed by atoms with Crippen LogP contribution >= 0.6 is 0 Å². The van der Waals surface area contributed by atoms with Crippen molar-refractivity contribution in [1.29, 1.82) is 0 Å². The van der Waals surface area contributed by atoms with E-state index in [1.807, 2.05) is 0 Å². The molecule has 0 atom stereocenters. The summed E-state index contributed by atoms with van der Waals surface area (Å²) in [5.74, 6) is -2.50. The molecule has 0 saturated carbocycles. The second-order valence-electron chi connectivity index (χ2n) is 5.29. The Kier molecular flexibility index (Phi) is 4.35. The summed E-state index contributed by atoms with van der Waals surface area (Å²) in [6.45, 7) is 4.50. The van der Waals surface area contributed by atoms with E-state index in [0.717, 1.165) is 0 Å². The van der Waals surface area contributed by atoms with Gasteiger partial charge in [-0.2, -0.15) is 0 Å². The maximum absolute atomic E-state index is 13.8. The molecule has 21 heavy (non-hydrogen) atoms. The molecule has 2 aromatic carbocycles. The molecule has 0 heterocycles. The highest BCUT2D eigenvalue weighted by atomic mass is 19.1. The van der Waals surface area contributed by atoms with E-state index in [0.29, 0.717) is 16.7 Å². The molecule has 0 unspecified atom stereocenters. The average Bonchev–Trinajstić information content (AvgIpc) is 2.40. The minimum absolute atomic E-state index is 0.0380. The van der Waals surface area contributed by atoms with Crippen LogP contribution in [0.3, 0.4) is 0 Å². The SMILES string of the molecule is Cc1cc(F)c(CCc2cc(F)c(C)c(F)c2C)c(F)c1. The zero-order valence-electron chi connectivity index (χ0n) is 12.2. The number of halogens is 4. The lowest BCUT2D eigenvalue weighted by Crippen LogP contribution is -2.04. The van der Waals surface area contributed by atoms with Crippen LogP contribution < -0.4 is 0 Å². The van der Waals surface area contributed by atoms with E-state index >= 15 is 0 Å². The first-order valence-corrected chi connectivity index (χ1v) is 6.70.